The van der Waals surface area contributed by atoms with Gasteiger partial charge in [-0.15, -0.1) is 0 Å². The third kappa shape index (κ3) is 3.53. The van der Waals surface area contributed by atoms with Gasteiger partial charge in [0.15, 0.2) is 11.5 Å². The number of carboxylic acid groups (broad SMARTS) is 1. The Morgan fingerprint density at radius 2 is 1.89 bits per heavy atom. The highest BCUT2D eigenvalue weighted by molar-refractivity contribution is 6.32. The Bertz CT molecular complexity index is 469. The van der Waals surface area contributed by atoms with Crippen LogP contribution in [0.1, 0.15) is 37.3 Å². The Kier molecular flexibility index (Phi) is 5.48. The lowest BCUT2D eigenvalue weighted by molar-refractivity contribution is -0.136. The number of rotatable bonds is 6. The molecule has 5 heteroatoms. The van der Waals surface area contributed by atoms with Crippen molar-refractivity contribution in [1.29, 1.82) is 0 Å². The molecule has 1 aromatic carbocycles. The molecule has 0 atom stereocenters. The maximum absolute atomic E-state index is 10.7. The number of benzene rings is 1. The number of aryl methyl sites for hydroxylation is 1. The third-order valence-electron chi connectivity index (χ3n) is 2.91. The van der Waals surface area contributed by atoms with Gasteiger partial charge in [-0.2, -0.15) is 0 Å². The predicted octanol–water partition coefficient (Wildman–Crippen LogP) is 3.50. The summed E-state index contributed by atoms with van der Waals surface area (Å²) in [5.74, 6) is 0.433. The Morgan fingerprint density at radius 1 is 1.32 bits per heavy atom. The molecule has 0 amide bonds. The lowest BCUT2D eigenvalue weighted by Crippen LogP contribution is -2.06. The van der Waals surface area contributed by atoms with Crippen LogP contribution in [0.3, 0.4) is 0 Å². The van der Waals surface area contributed by atoms with Crippen LogP contribution in [0.5, 0.6) is 11.5 Å². The molecule has 0 aromatic heterocycles. The van der Waals surface area contributed by atoms with Crippen LogP contribution in [-0.4, -0.2) is 25.3 Å². The van der Waals surface area contributed by atoms with Crippen molar-refractivity contribution in [3.63, 3.8) is 0 Å². The van der Waals surface area contributed by atoms with Gasteiger partial charge in [0.05, 0.1) is 19.2 Å². The molecule has 1 aromatic rings. The first-order chi connectivity index (χ1) is 8.92. The van der Waals surface area contributed by atoms with E-state index in [-0.39, 0.29) is 12.3 Å². The molecule has 0 saturated carbocycles. The van der Waals surface area contributed by atoms with Crippen LogP contribution in [0.2, 0.25) is 5.02 Å². The molecule has 0 heterocycles. The molecule has 0 aliphatic rings. The fourth-order valence-corrected chi connectivity index (χ4v) is 2.44. The second-order valence-corrected chi connectivity index (χ2v) is 4.95. The van der Waals surface area contributed by atoms with Gasteiger partial charge < -0.3 is 14.6 Å². The second kappa shape index (κ2) is 6.66. The van der Waals surface area contributed by atoms with Crippen molar-refractivity contribution in [2.24, 2.45) is 0 Å². The molecular formula is C14H19ClO4. The number of carboxylic acids is 1. The van der Waals surface area contributed by atoms with Gasteiger partial charge in [-0.25, -0.2) is 0 Å². The van der Waals surface area contributed by atoms with Gasteiger partial charge in [0, 0.05) is 12.0 Å². The summed E-state index contributed by atoms with van der Waals surface area (Å²) in [5, 5.41) is 9.25. The monoisotopic (exact) mass is 286 g/mol. The Morgan fingerprint density at radius 3 is 2.32 bits per heavy atom. The molecule has 0 spiro atoms. The van der Waals surface area contributed by atoms with Crippen molar-refractivity contribution in [2.45, 2.75) is 32.6 Å². The van der Waals surface area contributed by atoms with Crippen LogP contribution in [-0.2, 0) is 11.2 Å². The average molecular weight is 287 g/mol. The molecule has 0 saturated heterocycles. The van der Waals surface area contributed by atoms with Gasteiger partial charge in [-0.05, 0) is 24.0 Å². The number of ether oxygens (including phenoxy) is 2. The highest BCUT2D eigenvalue weighted by atomic mass is 35.5. The summed E-state index contributed by atoms with van der Waals surface area (Å²) in [6.45, 7) is 4.05. The smallest absolute Gasteiger partial charge is 0.303 e. The lowest BCUT2D eigenvalue weighted by atomic mass is 9.93. The van der Waals surface area contributed by atoms with E-state index in [9.17, 15) is 4.79 Å². The fourth-order valence-electron chi connectivity index (χ4n) is 2.15. The third-order valence-corrected chi connectivity index (χ3v) is 3.19. The van der Waals surface area contributed by atoms with E-state index in [4.69, 9.17) is 26.2 Å². The number of hydrogen-bond acceptors (Lipinski definition) is 3. The summed E-state index contributed by atoms with van der Waals surface area (Å²) < 4.78 is 10.7. The predicted molar refractivity (Wildman–Crippen MR) is 74.6 cm³/mol. The van der Waals surface area contributed by atoms with E-state index in [0.717, 1.165) is 11.1 Å². The summed E-state index contributed by atoms with van der Waals surface area (Å²) in [5.41, 5.74) is 1.84. The van der Waals surface area contributed by atoms with Crippen LogP contribution in [0.25, 0.3) is 0 Å². The van der Waals surface area contributed by atoms with Gasteiger partial charge in [-0.3, -0.25) is 4.79 Å². The highest BCUT2D eigenvalue weighted by Gasteiger charge is 2.21. The molecule has 0 aliphatic carbocycles. The zero-order chi connectivity index (χ0) is 14.6. The van der Waals surface area contributed by atoms with Crippen LogP contribution in [0.4, 0.5) is 0 Å². The minimum atomic E-state index is -0.833. The van der Waals surface area contributed by atoms with E-state index >= 15 is 0 Å². The van der Waals surface area contributed by atoms with Gasteiger partial charge in [0.1, 0.15) is 0 Å². The quantitative estimate of drug-likeness (QED) is 0.869. The topological polar surface area (TPSA) is 55.8 Å². The van der Waals surface area contributed by atoms with Crippen molar-refractivity contribution in [3.8, 4) is 11.5 Å². The number of methoxy groups -OCH3 is 2. The van der Waals surface area contributed by atoms with E-state index < -0.39 is 5.97 Å². The molecule has 0 aliphatic heterocycles. The van der Waals surface area contributed by atoms with Crippen LogP contribution in [0.15, 0.2) is 6.07 Å². The normalized spacial score (nSPS) is 10.6. The standard InChI is InChI=1S/C14H19ClO4/c1-8(2)12-9(5-6-11(16)17)7-10(15)13(18-3)14(12)19-4/h7-8H,5-6H2,1-4H3,(H,16,17). The zero-order valence-corrected chi connectivity index (χ0v) is 12.4. The van der Waals surface area contributed by atoms with Gasteiger partial charge in [-0.1, -0.05) is 25.4 Å². The SMILES string of the molecule is COc1c(Cl)cc(CCC(=O)O)c(C(C)C)c1OC. The minimum Gasteiger partial charge on any atom is -0.492 e. The Hall–Kier alpha value is -1.42. The summed E-state index contributed by atoms with van der Waals surface area (Å²) >= 11 is 6.15. The average Bonchev–Trinajstić information content (AvgIpc) is 2.34. The maximum atomic E-state index is 10.7. The molecule has 0 fully saturated rings. The van der Waals surface area contributed by atoms with Crippen molar-refractivity contribution in [3.05, 3.63) is 22.2 Å². The number of hydrogen-bond donors (Lipinski definition) is 1. The fraction of sp³-hybridized carbons (Fsp3) is 0.500. The Labute approximate surface area is 118 Å². The first-order valence-electron chi connectivity index (χ1n) is 6.07. The van der Waals surface area contributed by atoms with Crippen LogP contribution >= 0.6 is 11.6 Å². The van der Waals surface area contributed by atoms with Crippen molar-refractivity contribution < 1.29 is 19.4 Å². The highest BCUT2D eigenvalue weighted by Crippen LogP contribution is 2.43. The second-order valence-electron chi connectivity index (χ2n) is 4.55. The molecule has 0 bridgehead atoms. The van der Waals surface area contributed by atoms with Gasteiger partial charge >= 0.3 is 5.97 Å². The molecule has 19 heavy (non-hydrogen) atoms. The van der Waals surface area contributed by atoms with Gasteiger partial charge in [0.25, 0.3) is 0 Å². The summed E-state index contributed by atoms with van der Waals surface area (Å²) in [6, 6.07) is 1.77. The largest absolute Gasteiger partial charge is 0.492 e. The summed E-state index contributed by atoms with van der Waals surface area (Å²) in [6.07, 6.45) is 0.481. The molecule has 1 N–H and O–H groups in total. The van der Waals surface area contributed by atoms with Crippen LogP contribution < -0.4 is 9.47 Å². The van der Waals surface area contributed by atoms with E-state index in [1.54, 1.807) is 13.2 Å². The molecule has 4 nitrogen and oxygen atoms in total. The molecule has 0 radical (unpaired) electrons. The number of carbonyl (C=O) groups is 1. The van der Waals surface area contributed by atoms with Crippen molar-refractivity contribution in [1.82, 2.24) is 0 Å². The summed E-state index contributed by atoms with van der Waals surface area (Å²) in [4.78, 5) is 10.7. The van der Waals surface area contributed by atoms with E-state index in [1.165, 1.54) is 7.11 Å². The van der Waals surface area contributed by atoms with Crippen molar-refractivity contribution in [2.75, 3.05) is 14.2 Å². The molecular weight excluding hydrogens is 268 g/mol. The van der Waals surface area contributed by atoms with Gasteiger partial charge in [0.2, 0.25) is 0 Å². The molecule has 0 unspecified atom stereocenters. The minimum absolute atomic E-state index is 0.0610. The lowest BCUT2D eigenvalue weighted by Gasteiger charge is -2.20. The first kappa shape index (κ1) is 15.6. The van der Waals surface area contributed by atoms with E-state index in [1.807, 2.05) is 13.8 Å². The number of aliphatic carboxylic acids is 1. The van der Waals surface area contributed by atoms with Crippen LogP contribution in [0, 0.1) is 0 Å². The molecule has 106 valence electrons. The van der Waals surface area contributed by atoms with Crippen molar-refractivity contribution >= 4 is 17.6 Å². The number of halogens is 1. The maximum Gasteiger partial charge on any atom is 0.303 e. The van der Waals surface area contributed by atoms with E-state index in [0.29, 0.717) is 22.9 Å². The summed E-state index contributed by atoms with van der Waals surface area (Å²) in [7, 11) is 3.09. The molecule has 1 rings (SSSR count). The van der Waals surface area contributed by atoms with E-state index in [2.05, 4.69) is 0 Å². The Balaban J connectivity index is 3.36. The zero-order valence-electron chi connectivity index (χ0n) is 11.6. The first-order valence-corrected chi connectivity index (χ1v) is 6.45.